The third kappa shape index (κ3) is 7.13. The highest BCUT2D eigenvalue weighted by Crippen LogP contribution is 2.35. The molecule has 18 N–H and O–H groups in total. The molecule has 3 heterocycles. The van der Waals surface area contributed by atoms with Crippen molar-refractivity contribution < 1.29 is 59.1 Å². The number of hydrogen-bond donors (Lipinski definition) is 13. The van der Waals surface area contributed by atoms with E-state index < -0.39 is 123 Å². The second-order valence-corrected chi connectivity index (χ2v) is 11.6. The number of fused-ring (bicyclic) bond motifs is 1. The molecule has 0 aromatic carbocycles. The van der Waals surface area contributed by atoms with Crippen LogP contribution in [-0.4, -0.2) is 167 Å². The molecule has 9 unspecified atom stereocenters. The summed E-state index contributed by atoms with van der Waals surface area (Å²) in [5.41, 5.74) is 29.8. The van der Waals surface area contributed by atoms with Gasteiger partial charge in [-0.25, -0.2) is 0 Å². The van der Waals surface area contributed by atoms with E-state index in [1.54, 1.807) is 0 Å². The first kappa shape index (κ1) is 34.7. The largest absolute Gasteiger partial charge is 0.394 e. The van der Waals surface area contributed by atoms with Crippen LogP contribution in [0.5, 0.6) is 0 Å². The van der Waals surface area contributed by atoms with E-state index in [2.05, 4.69) is 10.6 Å². The van der Waals surface area contributed by atoms with Gasteiger partial charge in [-0.05, 0) is 19.9 Å². The molecule has 250 valence electrons. The Morgan fingerprint density at radius 1 is 0.860 bits per heavy atom. The van der Waals surface area contributed by atoms with Gasteiger partial charge in [-0.2, -0.15) is 0 Å². The third-order valence-electron chi connectivity index (χ3n) is 8.61. The number of hydrogen-bond acceptors (Lipinski definition) is 18. The number of aliphatic hydroxyl groups is 6. The Bertz CT molecular complexity index is 926. The first-order chi connectivity index (χ1) is 20.3. The molecule has 19 heteroatoms. The topological polar surface area (TPSA) is 339 Å². The van der Waals surface area contributed by atoms with E-state index in [4.69, 9.17) is 52.4 Å². The maximum absolute atomic E-state index is 12.1. The maximum atomic E-state index is 12.1. The van der Waals surface area contributed by atoms with Crippen molar-refractivity contribution in [3.05, 3.63) is 0 Å². The molecule has 4 fully saturated rings. The van der Waals surface area contributed by atoms with E-state index in [-0.39, 0.29) is 19.4 Å². The number of carbonyl (C=O) groups excluding carboxylic acids is 1. The van der Waals surface area contributed by atoms with Crippen LogP contribution in [0, 0.1) is 0 Å². The van der Waals surface area contributed by atoms with Crippen LogP contribution < -0.4 is 39.3 Å². The Morgan fingerprint density at radius 3 is 2.19 bits per heavy atom. The summed E-state index contributed by atoms with van der Waals surface area (Å²) in [7, 11) is 1.53. The lowest BCUT2D eigenvalue weighted by atomic mass is 9.83. The van der Waals surface area contributed by atoms with Gasteiger partial charge in [0, 0.05) is 18.6 Å². The lowest BCUT2D eigenvalue weighted by molar-refractivity contribution is -0.372. The molecule has 4 aliphatic rings. The fourth-order valence-corrected chi connectivity index (χ4v) is 6.05. The van der Waals surface area contributed by atoms with Gasteiger partial charge in [0.1, 0.15) is 36.6 Å². The first-order valence-corrected chi connectivity index (χ1v) is 14.3. The zero-order chi connectivity index (χ0) is 31.7. The number of nitrogens with two attached hydrogens (primary N) is 5. The monoisotopic (exact) mass is 625 g/mol. The summed E-state index contributed by atoms with van der Waals surface area (Å²) >= 11 is 0. The van der Waals surface area contributed by atoms with Crippen molar-refractivity contribution in [3.63, 3.8) is 0 Å². The molecule has 0 radical (unpaired) electrons. The van der Waals surface area contributed by atoms with Crippen LogP contribution in [0.2, 0.25) is 0 Å². The second-order valence-electron chi connectivity index (χ2n) is 11.6. The Kier molecular flexibility index (Phi) is 11.7. The van der Waals surface area contributed by atoms with Gasteiger partial charge in [0.2, 0.25) is 0 Å². The van der Waals surface area contributed by atoms with E-state index in [1.165, 1.54) is 7.05 Å². The van der Waals surface area contributed by atoms with Gasteiger partial charge in [0.05, 0.1) is 49.1 Å². The number of aliphatic hydroxyl groups excluding tert-OH is 6. The molecule has 4 rings (SSSR count). The van der Waals surface area contributed by atoms with Crippen LogP contribution in [-0.2, 0) is 28.5 Å². The van der Waals surface area contributed by atoms with Crippen LogP contribution in [0.3, 0.4) is 0 Å². The molecular weight excluding hydrogens is 578 g/mol. The van der Waals surface area contributed by atoms with Crippen molar-refractivity contribution in [2.24, 2.45) is 28.7 Å². The molecule has 18 atom stereocenters. The fraction of sp³-hybridized carbons (Fsp3) is 0.958. The molecule has 3 saturated heterocycles. The van der Waals surface area contributed by atoms with Gasteiger partial charge in [-0.3, -0.25) is 4.79 Å². The minimum absolute atomic E-state index is 0.134. The SMILES string of the molecule is CNC1C(O[C@H]2OC(CO)[C@@H](NC(=O)[C@@H](O)CN)[C@H](O)C2O)O[C@H]2CC(N)[C@@H](O[C@@H]3C(N)C[C@@H](N)C(O)[C@H]3N)OC2C1O. The number of carbonyl (C=O) groups is 1. The number of ether oxygens (including phenoxy) is 5. The molecule has 1 amide bonds. The van der Waals surface area contributed by atoms with Crippen LogP contribution >= 0.6 is 0 Å². The van der Waals surface area contributed by atoms with E-state index in [9.17, 15) is 35.4 Å². The van der Waals surface area contributed by atoms with Crippen molar-refractivity contribution in [1.29, 1.82) is 0 Å². The molecule has 0 aromatic rings. The van der Waals surface area contributed by atoms with Gasteiger partial charge in [0.25, 0.3) is 5.91 Å². The zero-order valence-corrected chi connectivity index (χ0v) is 23.7. The highest BCUT2D eigenvalue weighted by Gasteiger charge is 2.54. The standard InChI is InChI=1S/C24H47N7O12/c1-30-14-17(36)20-10(3-8(28)22(42-20)41-19-7(27)2-6(26)15(34)12(19)29)39-23(14)43-24-18(37)16(35)13(11(5-32)40-24)31-21(38)9(33)4-25/h6-20,22-24,30,32-37H,2-5,25-29H2,1H3,(H,31,38)/t6-,7?,8?,9+,10+,11?,12-,13-,14?,15?,16+,17?,18?,19-,20?,22+,23?,24-/m1/s1. The van der Waals surface area contributed by atoms with E-state index in [0.29, 0.717) is 0 Å². The normalized spacial score (nSPS) is 49.6. The summed E-state index contributed by atoms with van der Waals surface area (Å²) in [5.74, 6) is -0.927. The molecule has 0 aromatic heterocycles. The van der Waals surface area contributed by atoms with E-state index in [0.717, 1.165) is 0 Å². The van der Waals surface area contributed by atoms with Crippen molar-refractivity contribution in [3.8, 4) is 0 Å². The minimum Gasteiger partial charge on any atom is -0.394 e. The number of nitrogens with one attached hydrogen (secondary N) is 2. The van der Waals surface area contributed by atoms with Crippen LogP contribution in [0.1, 0.15) is 12.8 Å². The summed E-state index contributed by atoms with van der Waals surface area (Å²) in [6, 6.07) is -5.10. The third-order valence-corrected chi connectivity index (χ3v) is 8.61. The molecule has 0 spiro atoms. The quantitative estimate of drug-likeness (QED) is 0.113. The predicted molar refractivity (Wildman–Crippen MR) is 144 cm³/mol. The summed E-state index contributed by atoms with van der Waals surface area (Å²) < 4.78 is 29.6. The number of likely N-dealkylation sites (N-methyl/N-ethyl adjacent to an activating group) is 1. The number of rotatable bonds is 9. The van der Waals surface area contributed by atoms with Crippen molar-refractivity contribution in [1.82, 2.24) is 10.6 Å². The van der Waals surface area contributed by atoms with E-state index in [1.807, 2.05) is 0 Å². The van der Waals surface area contributed by atoms with Crippen molar-refractivity contribution in [2.45, 2.75) is 123 Å². The zero-order valence-electron chi connectivity index (χ0n) is 23.7. The average Bonchev–Trinajstić information content (AvgIpc) is 2.97. The highest BCUT2D eigenvalue weighted by atomic mass is 16.8. The smallest absolute Gasteiger partial charge is 0.250 e. The Morgan fingerprint density at radius 2 is 1.56 bits per heavy atom. The molecule has 43 heavy (non-hydrogen) atoms. The molecule has 1 saturated carbocycles. The lowest BCUT2D eigenvalue weighted by Gasteiger charge is -2.51. The van der Waals surface area contributed by atoms with Gasteiger partial charge >= 0.3 is 0 Å². The van der Waals surface area contributed by atoms with Gasteiger partial charge in [-0.1, -0.05) is 0 Å². The molecular formula is C24H47N7O12. The molecule has 1 aliphatic carbocycles. The Balaban J connectivity index is 1.42. The van der Waals surface area contributed by atoms with Crippen molar-refractivity contribution in [2.75, 3.05) is 20.2 Å². The maximum Gasteiger partial charge on any atom is 0.250 e. The molecule has 0 bridgehead atoms. The second kappa shape index (κ2) is 14.5. The molecule has 3 aliphatic heterocycles. The highest BCUT2D eigenvalue weighted by molar-refractivity contribution is 5.81. The van der Waals surface area contributed by atoms with Gasteiger partial charge in [-0.15, -0.1) is 0 Å². The van der Waals surface area contributed by atoms with Gasteiger partial charge in [0.15, 0.2) is 18.9 Å². The van der Waals surface area contributed by atoms with Crippen LogP contribution in [0.25, 0.3) is 0 Å². The fourth-order valence-electron chi connectivity index (χ4n) is 6.05. The Hall–Kier alpha value is -1.21. The number of amides is 1. The summed E-state index contributed by atoms with van der Waals surface area (Å²) in [6.45, 7) is -1.08. The predicted octanol–water partition coefficient (Wildman–Crippen LogP) is -8.51. The van der Waals surface area contributed by atoms with Crippen LogP contribution in [0.15, 0.2) is 0 Å². The summed E-state index contributed by atoms with van der Waals surface area (Å²) in [6.07, 6.45) is -14.6. The molecule has 19 nitrogen and oxygen atoms in total. The van der Waals surface area contributed by atoms with E-state index >= 15 is 0 Å². The first-order valence-electron chi connectivity index (χ1n) is 14.3. The van der Waals surface area contributed by atoms with Gasteiger partial charge < -0.3 is 93.6 Å². The average molecular weight is 626 g/mol. The minimum atomic E-state index is -1.74. The summed E-state index contributed by atoms with van der Waals surface area (Å²) in [5, 5.41) is 67.8. The Labute approximate surface area is 247 Å². The summed E-state index contributed by atoms with van der Waals surface area (Å²) in [4.78, 5) is 12.1. The lowest BCUT2D eigenvalue weighted by Crippen LogP contribution is -2.71. The van der Waals surface area contributed by atoms with Crippen molar-refractivity contribution >= 4 is 5.91 Å². The van der Waals surface area contributed by atoms with Crippen LogP contribution in [0.4, 0.5) is 0 Å².